The van der Waals surface area contributed by atoms with Gasteiger partial charge in [0.25, 0.3) is 23.6 Å². The van der Waals surface area contributed by atoms with Gasteiger partial charge in [-0.2, -0.15) is 0 Å². The number of quaternary nitrogens is 1. The summed E-state index contributed by atoms with van der Waals surface area (Å²) in [5.74, 6) is -0.668. The molecule has 0 spiro atoms. The first-order valence-corrected chi connectivity index (χ1v) is 17.1. The molecule has 0 radical (unpaired) electrons. The summed E-state index contributed by atoms with van der Waals surface area (Å²) < 4.78 is 0.866. The fraction of sp³-hybridized carbons (Fsp3) is 0.467. The van der Waals surface area contributed by atoms with E-state index in [1.807, 2.05) is 0 Å². The van der Waals surface area contributed by atoms with Crippen LogP contribution in [0.1, 0.15) is 67.1 Å². The van der Waals surface area contributed by atoms with Crippen LogP contribution in [0.15, 0.2) is 48.5 Å². The number of carbonyl (C=O) groups is 4. The molecule has 2 aromatic carbocycles. The fourth-order valence-corrected chi connectivity index (χ4v) is 8.21. The van der Waals surface area contributed by atoms with Gasteiger partial charge in [-0.3, -0.25) is 29.0 Å². The van der Waals surface area contributed by atoms with Crippen LogP contribution in [-0.4, -0.2) is 86.3 Å². The molecule has 0 unspecified atom stereocenters. The van der Waals surface area contributed by atoms with Crippen LogP contribution in [0, 0.1) is 0 Å². The molecule has 2 aromatic rings. The van der Waals surface area contributed by atoms with Crippen LogP contribution in [0.3, 0.4) is 0 Å². The standard InChI is InChI=1S/C30H40N3O4Si.BrH/c1-33(2,20-11-17-31-27(34)23-13-5-6-14-24(23)28(31)35)19-9-10-21-38(3,4)22-12-18-32-29(36)25-15-7-8-16-26(25)30(32)37;/h5-8,13-16H,9-12,17-22H2,1-4H3;1H/q+1;/p-1. The minimum Gasteiger partial charge on any atom is -1.00 e. The fourth-order valence-electron chi connectivity index (χ4n) is 5.64. The second kappa shape index (κ2) is 12.7. The Kier molecular flexibility index (Phi) is 10.1. The van der Waals surface area contributed by atoms with E-state index in [1.54, 1.807) is 48.5 Å². The zero-order valence-electron chi connectivity index (χ0n) is 23.5. The van der Waals surface area contributed by atoms with Gasteiger partial charge in [-0.1, -0.05) is 55.9 Å². The lowest BCUT2D eigenvalue weighted by molar-refractivity contribution is -0.890. The first-order chi connectivity index (χ1) is 18.0. The Bertz CT molecular complexity index is 1080. The highest BCUT2D eigenvalue weighted by Crippen LogP contribution is 2.26. The van der Waals surface area contributed by atoms with Gasteiger partial charge in [0, 0.05) is 27.6 Å². The number of carbonyl (C=O) groups excluding carboxylic acids is 4. The molecule has 9 heteroatoms. The summed E-state index contributed by atoms with van der Waals surface area (Å²) in [5.41, 5.74) is 2.08. The predicted octanol–water partition coefficient (Wildman–Crippen LogP) is 1.93. The molecule has 4 rings (SSSR count). The summed E-state index contributed by atoms with van der Waals surface area (Å²) in [6.45, 7) is 7.73. The number of benzene rings is 2. The molecule has 0 aromatic heterocycles. The van der Waals surface area contributed by atoms with Gasteiger partial charge in [0.05, 0.1) is 49.4 Å². The molecule has 210 valence electrons. The Labute approximate surface area is 243 Å². The van der Waals surface area contributed by atoms with Crippen molar-refractivity contribution in [1.29, 1.82) is 0 Å². The Morgan fingerprint density at radius 1 is 0.590 bits per heavy atom. The van der Waals surface area contributed by atoms with Crippen molar-refractivity contribution in [1.82, 2.24) is 9.80 Å². The summed E-state index contributed by atoms with van der Waals surface area (Å²) in [4.78, 5) is 53.1. The van der Waals surface area contributed by atoms with Crippen molar-refractivity contribution in [2.24, 2.45) is 0 Å². The van der Waals surface area contributed by atoms with Gasteiger partial charge < -0.3 is 21.5 Å². The molecular weight excluding hydrogens is 574 g/mol. The molecule has 0 fully saturated rings. The van der Waals surface area contributed by atoms with Crippen molar-refractivity contribution >= 4 is 31.7 Å². The molecular formula is C30H40BrN3O4Si. The van der Waals surface area contributed by atoms with E-state index in [0.29, 0.717) is 35.3 Å². The van der Waals surface area contributed by atoms with E-state index in [-0.39, 0.29) is 40.6 Å². The van der Waals surface area contributed by atoms with Crippen LogP contribution < -0.4 is 17.0 Å². The first kappa shape index (κ1) is 30.9. The summed E-state index contributed by atoms with van der Waals surface area (Å²) in [6.07, 6.45) is 3.96. The van der Waals surface area contributed by atoms with Crippen molar-refractivity contribution in [3.05, 3.63) is 70.8 Å². The van der Waals surface area contributed by atoms with E-state index in [1.165, 1.54) is 22.3 Å². The average molecular weight is 615 g/mol. The largest absolute Gasteiger partial charge is 1.00 e. The lowest BCUT2D eigenvalue weighted by Crippen LogP contribution is -3.00. The third kappa shape index (κ3) is 7.12. The summed E-state index contributed by atoms with van der Waals surface area (Å²) in [7, 11) is 3.01. The van der Waals surface area contributed by atoms with Crippen LogP contribution >= 0.6 is 0 Å². The van der Waals surface area contributed by atoms with Crippen LogP contribution in [0.4, 0.5) is 0 Å². The SMILES string of the molecule is C[N+](C)(CCCC[Si](C)(C)CCCN1C(=O)c2ccccc2C1=O)CCCN1C(=O)c2ccccc2C1=O.[Br-]. The van der Waals surface area contributed by atoms with Crippen LogP contribution in [-0.2, 0) is 0 Å². The van der Waals surface area contributed by atoms with E-state index in [9.17, 15) is 19.2 Å². The Balaban J connectivity index is 0.00000420. The summed E-state index contributed by atoms with van der Waals surface area (Å²) in [6, 6.07) is 16.4. The summed E-state index contributed by atoms with van der Waals surface area (Å²) >= 11 is 0. The number of fused-ring (bicyclic) bond motifs is 2. The van der Waals surface area contributed by atoms with Gasteiger partial charge in [-0.15, -0.1) is 0 Å². The molecule has 0 bridgehead atoms. The first-order valence-electron chi connectivity index (χ1n) is 13.7. The Morgan fingerprint density at radius 2 is 0.949 bits per heavy atom. The summed E-state index contributed by atoms with van der Waals surface area (Å²) in [5, 5.41) is 0. The lowest BCUT2D eigenvalue weighted by atomic mass is 10.1. The van der Waals surface area contributed by atoms with E-state index < -0.39 is 8.07 Å². The average Bonchev–Trinajstić information content (AvgIpc) is 3.27. The second-order valence-electron chi connectivity index (χ2n) is 12.1. The lowest BCUT2D eigenvalue weighted by Gasteiger charge is -2.31. The minimum absolute atomic E-state index is 0. The molecule has 0 saturated heterocycles. The van der Waals surface area contributed by atoms with E-state index in [2.05, 4.69) is 27.2 Å². The third-order valence-corrected chi connectivity index (χ3v) is 11.4. The van der Waals surface area contributed by atoms with Gasteiger partial charge >= 0.3 is 0 Å². The van der Waals surface area contributed by atoms with E-state index in [4.69, 9.17) is 0 Å². The maximum absolute atomic E-state index is 12.6. The maximum Gasteiger partial charge on any atom is 0.261 e. The minimum atomic E-state index is -1.42. The Morgan fingerprint density at radius 3 is 1.38 bits per heavy atom. The zero-order valence-corrected chi connectivity index (χ0v) is 26.1. The third-order valence-electron chi connectivity index (χ3n) is 8.00. The molecule has 0 N–H and O–H groups in total. The molecule has 0 atom stereocenters. The van der Waals surface area contributed by atoms with Crippen LogP contribution in [0.2, 0.25) is 25.2 Å². The monoisotopic (exact) mass is 613 g/mol. The molecule has 39 heavy (non-hydrogen) atoms. The topological polar surface area (TPSA) is 74.8 Å². The van der Waals surface area contributed by atoms with Gasteiger partial charge in [0.2, 0.25) is 0 Å². The van der Waals surface area contributed by atoms with Crippen LogP contribution in [0.5, 0.6) is 0 Å². The van der Waals surface area contributed by atoms with Crippen molar-refractivity contribution in [3.8, 4) is 0 Å². The molecule has 2 aliphatic heterocycles. The molecule has 4 amide bonds. The van der Waals surface area contributed by atoms with Crippen molar-refractivity contribution in [2.45, 2.75) is 50.9 Å². The number of unbranched alkanes of at least 4 members (excludes halogenated alkanes) is 1. The Hall–Kier alpha value is -2.62. The molecule has 0 saturated carbocycles. The number of imide groups is 2. The molecule has 7 nitrogen and oxygen atoms in total. The highest BCUT2D eigenvalue weighted by Gasteiger charge is 2.36. The van der Waals surface area contributed by atoms with Crippen molar-refractivity contribution in [2.75, 3.05) is 40.3 Å². The smallest absolute Gasteiger partial charge is 0.261 e. The number of hydrogen-bond donors (Lipinski definition) is 0. The number of amides is 4. The molecule has 2 aliphatic rings. The predicted molar refractivity (Wildman–Crippen MR) is 151 cm³/mol. The van der Waals surface area contributed by atoms with Gasteiger partial charge in [0.15, 0.2) is 0 Å². The van der Waals surface area contributed by atoms with Gasteiger partial charge in [-0.25, -0.2) is 0 Å². The maximum atomic E-state index is 12.6. The zero-order chi connectivity index (χ0) is 27.5. The number of rotatable bonds is 13. The highest BCUT2D eigenvalue weighted by molar-refractivity contribution is 6.77. The van der Waals surface area contributed by atoms with Crippen LogP contribution in [0.25, 0.3) is 0 Å². The van der Waals surface area contributed by atoms with E-state index >= 15 is 0 Å². The second-order valence-corrected chi connectivity index (χ2v) is 17.4. The van der Waals surface area contributed by atoms with Gasteiger partial charge in [-0.05, 0) is 37.1 Å². The van der Waals surface area contributed by atoms with Crippen molar-refractivity contribution in [3.63, 3.8) is 0 Å². The number of halogens is 1. The molecule has 2 heterocycles. The molecule has 0 aliphatic carbocycles. The quantitative estimate of drug-likeness (QED) is 0.150. The highest BCUT2D eigenvalue weighted by atomic mass is 79.9. The number of nitrogens with zero attached hydrogens (tertiary/aromatic N) is 3. The van der Waals surface area contributed by atoms with Gasteiger partial charge in [0.1, 0.15) is 0 Å². The normalized spacial score (nSPS) is 15.1. The van der Waals surface area contributed by atoms with Crippen molar-refractivity contribution < 1.29 is 40.6 Å². The van der Waals surface area contributed by atoms with E-state index in [0.717, 1.165) is 42.9 Å². The number of hydrogen-bond acceptors (Lipinski definition) is 4.